The fourth-order valence-corrected chi connectivity index (χ4v) is 5.10. The first-order chi connectivity index (χ1) is 17.9. The zero-order valence-corrected chi connectivity index (χ0v) is 22.0. The number of carbonyl (C=O) groups excluding carboxylic acids is 3. The van der Waals surface area contributed by atoms with Crippen molar-refractivity contribution < 1.29 is 28.8 Å². The highest BCUT2D eigenvalue weighted by Crippen LogP contribution is 2.43. The zero-order valence-electron chi connectivity index (χ0n) is 22.0. The molecule has 12 heteroatoms. The maximum atomic E-state index is 14.0. The molecule has 1 fully saturated rings. The van der Waals surface area contributed by atoms with Gasteiger partial charge in [0.05, 0.1) is 23.3 Å². The molecule has 0 spiro atoms. The van der Waals surface area contributed by atoms with Crippen LogP contribution >= 0.6 is 0 Å². The molecule has 204 valence electrons. The zero-order chi connectivity index (χ0) is 27.6. The van der Waals surface area contributed by atoms with Crippen LogP contribution in [0.1, 0.15) is 63.4 Å². The van der Waals surface area contributed by atoms with E-state index in [0.29, 0.717) is 12.0 Å². The Balaban J connectivity index is 1.57. The second-order valence-electron chi connectivity index (χ2n) is 10.6. The van der Waals surface area contributed by atoms with Crippen molar-refractivity contribution in [2.24, 2.45) is 0 Å². The Kier molecular flexibility index (Phi) is 7.70. The molecular weight excluding hydrogens is 494 g/mol. The van der Waals surface area contributed by atoms with E-state index in [-0.39, 0.29) is 49.2 Å². The van der Waals surface area contributed by atoms with Crippen molar-refractivity contribution in [2.45, 2.75) is 83.6 Å². The molecular formula is C26H33N5O7. The molecule has 0 aliphatic carbocycles. The van der Waals surface area contributed by atoms with Crippen LogP contribution in [0.2, 0.25) is 0 Å². The number of hydrogen-bond donors (Lipinski definition) is 1. The number of benzene rings is 1. The third-order valence-electron chi connectivity index (χ3n) is 6.59. The van der Waals surface area contributed by atoms with Crippen LogP contribution in [-0.2, 0) is 38.4 Å². The number of alkyl carbamates (subject to hydrolysis) is 1. The van der Waals surface area contributed by atoms with Crippen molar-refractivity contribution >= 4 is 23.7 Å². The van der Waals surface area contributed by atoms with Gasteiger partial charge in [-0.25, -0.2) is 4.79 Å². The van der Waals surface area contributed by atoms with Gasteiger partial charge in [0.15, 0.2) is 0 Å². The number of amides is 2. The van der Waals surface area contributed by atoms with Gasteiger partial charge in [-0.05, 0) is 46.1 Å². The number of nitrogens with zero attached hydrogens (tertiary/aromatic N) is 4. The molecule has 1 aromatic carbocycles. The second kappa shape index (κ2) is 10.8. The van der Waals surface area contributed by atoms with Crippen LogP contribution in [0.4, 0.5) is 10.5 Å². The molecule has 1 saturated heterocycles. The van der Waals surface area contributed by atoms with Gasteiger partial charge in [0.25, 0.3) is 5.69 Å². The van der Waals surface area contributed by atoms with E-state index < -0.39 is 22.7 Å². The number of esters is 1. The monoisotopic (exact) mass is 527 g/mol. The van der Waals surface area contributed by atoms with E-state index in [0.717, 1.165) is 24.1 Å². The van der Waals surface area contributed by atoms with Crippen molar-refractivity contribution in [1.82, 2.24) is 20.0 Å². The fourth-order valence-electron chi connectivity index (χ4n) is 5.10. The Morgan fingerprint density at radius 2 is 1.92 bits per heavy atom. The third kappa shape index (κ3) is 6.12. The van der Waals surface area contributed by atoms with Gasteiger partial charge < -0.3 is 19.7 Å². The smallest absolute Gasteiger partial charge is 0.408 e. The number of nitro groups is 1. The molecule has 2 unspecified atom stereocenters. The van der Waals surface area contributed by atoms with Gasteiger partial charge in [-0.2, -0.15) is 5.10 Å². The van der Waals surface area contributed by atoms with E-state index >= 15 is 0 Å². The molecule has 2 bridgehead atoms. The highest BCUT2D eigenvalue weighted by atomic mass is 16.6. The summed E-state index contributed by atoms with van der Waals surface area (Å²) >= 11 is 0. The number of ether oxygens (including phenoxy) is 2. The summed E-state index contributed by atoms with van der Waals surface area (Å²) in [5, 5.41) is 18.3. The summed E-state index contributed by atoms with van der Waals surface area (Å²) < 4.78 is 12.0. The Hall–Kier alpha value is -3.96. The highest BCUT2D eigenvalue weighted by Gasteiger charge is 2.46. The predicted molar refractivity (Wildman–Crippen MR) is 135 cm³/mol. The molecule has 2 aromatic rings. The van der Waals surface area contributed by atoms with Gasteiger partial charge in [-0.3, -0.25) is 24.4 Å². The van der Waals surface area contributed by atoms with Crippen LogP contribution in [0.5, 0.6) is 0 Å². The quantitative estimate of drug-likeness (QED) is 0.313. The first-order valence-corrected chi connectivity index (χ1v) is 12.7. The summed E-state index contributed by atoms with van der Waals surface area (Å²) in [6.45, 7) is 7.23. The van der Waals surface area contributed by atoms with Crippen molar-refractivity contribution in [1.29, 1.82) is 0 Å². The number of nitrogens with one attached hydrogen (secondary N) is 1. The number of nitro benzene ring substituents is 1. The molecule has 0 radical (unpaired) electrons. The molecule has 3 heterocycles. The maximum absolute atomic E-state index is 14.0. The predicted octanol–water partition coefficient (Wildman–Crippen LogP) is 3.08. The molecule has 0 saturated carbocycles. The van der Waals surface area contributed by atoms with Gasteiger partial charge in [0.2, 0.25) is 5.91 Å². The molecule has 12 nitrogen and oxygen atoms in total. The largest absolute Gasteiger partial charge is 0.465 e. The summed E-state index contributed by atoms with van der Waals surface area (Å²) in [5.41, 5.74) is 1.61. The van der Waals surface area contributed by atoms with Crippen LogP contribution < -0.4 is 5.32 Å². The van der Waals surface area contributed by atoms with Crippen LogP contribution in [0, 0.1) is 10.1 Å². The van der Waals surface area contributed by atoms with Gasteiger partial charge in [0, 0.05) is 42.8 Å². The Morgan fingerprint density at radius 1 is 1.21 bits per heavy atom. The minimum atomic E-state index is -0.939. The average molecular weight is 528 g/mol. The van der Waals surface area contributed by atoms with Crippen molar-refractivity contribution in [2.75, 3.05) is 6.61 Å². The molecule has 3 atom stereocenters. The molecule has 2 amide bonds. The van der Waals surface area contributed by atoms with E-state index in [4.69, 9.17) is 9.47 Å². The Morgan fingerprint density at radius 3 is 2.55 bits per heavy atom. The normalized spacial score (nSPS) is 18.9. The summed E-state index contributed by atoms with van der Waals surface area (Å²) in [6.07, 6.45) is 3.30. The van der Waals surface area contributed by atoms with E-state index in [1.54, 1.807) is 50.7 Å². The number of fused-ring (bicyclic) bond motifs is 4. The first kappa shape index (κ1) is 27.1. The van der Waals surface area contributed by atoms with Gasteiger partial charge in [-0.15, -0.1) is 0 Å². The van der Waals surface area contributed by atoms with Crippen LogP contribution in [-0.4, -0.2) is 61.9 Å². The van der Waals surface area contributed by atoms with E-state index in [1.807, 2.05) is 4.90 Å². The van der Waals surface area contributed by atoms with E-state index in [9.17, 15) is 24.5 Å². The molecule has 1 aromatic heterocycles. The third-order valence-corrected chi connectivity index (χ3v) is 6.59. The fraction of sp³-hybridized carbons (Fsp3) is 0.538. The van der Waals surface area contributed by atoms with Crippen LogP contribution in [0.15, 0.2) is 30.5 Å². The van der Waals surface area contributed by atoms with Gasteiger partial charge >= 0.3 is 12.1 Å². The lowest BCUT2D eigenvalue weighted by Gasteiger charge is -2.37. The molecule has 2 aliphatic rings. The summed E-state index contributed by atoms with van der Waals surface area (Å²) in [4.78, 5) is 50.9. The van der Waals surface area contributed by atoms with Crippen LogP contribution in [0.3, 0.4) is 0 Å². The van der Waals surface area contributed by atoms with Gasteiger partial charge in [-0.1, -0.05) is 12.1 Å². The second-order valence-corrected chi connectivity index (χ2v) is 10.6. The highest BCUT2D eigenvalue weighted by molar-refractivity contribution is 5.87. The number of hydrogen-bond acceptors (Lipinski definition) is 8. The summed E-state index contributed by atoms with van der Waals surface area (Å²) in [5.74, 6) is -0.638. The van der Waals surface area contributed by atoms with Crippen LogP contribution in [0.25, 0.3) is 0 Å². The number of non-ortho nitro benzene ring substituents is 1. The number of aromatic nitrogens is 2. The summed E-state index contributed by atoms with van der Waals surface area (Å²) in [7, 11) is 0. The number of carbonyl (C=O) groups is 3. The van der Waals surface area contributed by atoms with Crippen molar-refractivity contribution in [3.05, 3.63) is 57.4 Å². The molecule has 38 heavy (non-hydrogen) atoms. The lowest BCUT2D eigenvalue weighted by molar-refractivity contribution is -0.384. The van der Waals surface area contributed by atoms with Crippen molar-refractivity contribution in [3.63, 3.8) is 0 Å². The summed E-state index contributed by atoms with van der Waals surface area (Å²) in [6, 6.07) is 4.65. The molecule has 4 rings (SSSR count). The lowest BCUT2D eigenvalue weighted by atomic mass is 9.97. The molecule has 1 N–H and O–H groups in total. The lowest BCUT2D eigenvalue weighted by Crippen LogP contribution is -2.53. The Bertz CT molecular complexity index is 1220. The minimum absolute atomic E-state index is 0.00482. The van der Waals surface area contributed by atoms with E-state index in [2.05, 4.69) is 10.4 Å². The molecule has 2 aliphatic heterocycles. The van der Waals surface area contributed by atoms with Crippen molar-refractivity contribution in [3.8, 4) is 0 Å². The Labute approximate surface area is 220 Å². The topological polar surface area (TPSA) is 146 Å². The minimum Gasteiger partial charge on any atom is -0.465 e. The van der Waals surface area contributed by atoms with Gasteiger partial charge in [0.1, 0.15) is 18.2 Å². The number of rotatable bonds is 8. The SMILES string of the molecule is CCOC(=O)Cn1cc2c(n1)CC1CCC2N1C(=O)[C@H](Cc1ccc([N+](=O)[O-])cc1)NC(=O)OC(C)(C)C. The first-order valence-electron chi connectivity index (χ1n) is 12.7. The maximum Gasteiger partial charge on any atom is 0.408 e. The van der Waals surface area contributed by atoms with E-state index in [1.165, 1.54) is 12.1 Å². The standard InChI is InChI=1S/C26H33N5O7/c1-5-37-23(32)15-29-14-19-20(28-29)13-18-10-11-22(19)30(18)24(33)21(27-25(34)38-26(2,3)4)12-16-6-8-17(9-7-16)31(35)36/h6-9,14,18,21-22H,5,10-13,15H2,1-4H3,(H,27,34)/t18?,21-,22?/m0/s1. The average Bonchev–Trinajstić information content (AvgIpc) is 3.37.